The van der Waals surface area contributed by atoms with Crippen molar-refractivity contribution in [2.45, 2.75) is 39.3 Å². The molecule has 0 aliphatic carbocycles. The summed E-state index contributed by atoms with van der Waals surface area (Å²) in [7, 11) is 1.65. The van der Waals surface area contributed by atoms with Crippen LogP contribution >= 0.6 is 0 Å². The fourth-order valence-electron chi connectivity index (χ4n) is 2.36. The lowest BCUT2D eigenvalue weighted by Gasteiger charge is -2.23. The standard InChI is InChI=1S/C17H24N4O2/c1-17(2,3)19-15(22)11-20(4)16(23)9-10-21-12-18-13-7-5-6-8-14(13)21/h5-8,12H,9-11H2,1-4H3,(H,19,22). The van der Waals surface area contributed by atoms with Gasteiger partial charge >= 0.3 is 0 Å². The van der Waals surface area contributed by atoms with Crippen LogP contribution in [0.15, 0.2) is 30.6 Å². The van der Waals surface area contributed by atoms with Crippen molar-refractivity contribution in [3.05, 3.63) is 30.6 Å². The molecule has 0 spiro atoms. The smallest absolute Gasteiger partial charge is 0.240 e. The molecule has 0 radical (unpaired) electrons. The van der Waals surface area contributed by atoms with E-state index in [4.69, 9.17) is 0 Å². The molecule has 0 aliphatic rings. The molecule has 124 valence electrons. The third kappa shape index (κ3) is 4.81. The van der Waals surface area contributed by atoms with Gasteiger partial charge in [-0.05, 0) is 32.9 Å². The van der Waals surface area contributed by atoms with E-state index >= 15 is 0 Å². The van der Waals surface area contributed by atoms with Crippen LogP contribution in [0.3, 0.4) is 0 Å². The van der Waals surface area contributed by atoms with Crippen LogP contribution in [0.4, 0.5) is 0 Å². The van der Waals surface area contributed by atoms with Crippen LogP contribution in [0.2, 0.25) is 0 Å². The van der Waals surface area contributed by atoms with Crippen molar-refractivity contribution in [2.75, 3.05) is 13.6 Å². The first kappa shape index (κ1) is 17.0. The summed E-state index contributed by atoms with van der Waals surface area (Å²) in [6, 6.07) is 7.81. The monoisotopic (exact) mass is 316 g/mol. The van der Waals surface area contributed by atoms with Gasteiger partial charge in [-0.2, -0.15) is 0 Å². The van der Waals surface area contributed by atoms with Gasteiger partial charge in [0.25, 0.3) is 0 Å². The topological polar surface area (TPSA) is 67.2 Å². The number of para-hydroxylation sites is 2. The van der Waals surface area contributed by atoms with Gasteiger partial charge in [-0.1, -0.05) is 12.1 Å². The van der Waals surface area contributed by atoms with E-state index in [1.54, 1.807) is 13.4 Å². The van der Waals surface area contributed by atoms with Gasteiger partial charge in [-0.15, -0.1) is 0 Å². The van der Waals surface area contributed by atoms with E-state index in [9.17, 15) is 9.59 Å². The number of carbonyl (C=O) groups excluding carboxylic acids is 2. The van der Waals surface area contributed by atoms with E-state index in [0.29, 0.717) is 13.0 Å². The van der Waals surface area contributed by atoms with E-state index in [0.717, 1.165) is 11.0 Å². The average Bonchev–Trinajstić information content (AvgIpc) is 2.85. The Labute approximate surface area is 136 Å². The first-order valence-corrected chi connectivity index (χ1v) is 7.71. The summed E-state index contributed by atoms with van der Waals surface area (Å²) >= 11 is 0. The van der Waals surface area contributed by atoms with E-state index in [1.807, 2.05) is 49.6 Å². The molecule has 6 heteroatoms. The Balaban J connectivity index is 1.88. The van der Waals surface area contributed by atoms with Gasteiger partial charge in [0, 0.05) is 25.6 Å². The predicted octanol–water partition coefficient (Wildman–Crippen LogP) is 1.80. The normalized spacial score (nSPS) is 11.5. The van der Waals surface area contributed by atoms with E-state index < -0.39 is 0 Å². The molecule has 0 aliphatic heterocycles. The van der Waals surface area contributed by atoms with Gasteiger partial charge in [0.15, 0.2) is 0 Å². The minimum atomic E-state index is -0.295. The van der Waals surface area contributed by atoms with E-state index in [1.165, 1.54) is 4.90 Å². The number of nitrogens with zero attached hydrogens (tertiary/aromatic N) is 3. The number of amides is 2. The molecule has 0 fully saturated rings. The number of likely N-dealkylation sites (N-methyl/N-ethyl adjacent to an activating group) is 1. The van der Waals surface area contributed by atoms with Crippen molar-refractivity contribution in [2.24, 2.45) is 0 Å². The van der Waals surface area contributed by atoms with Crippen LogP contribution < -0.4 is 5.32 Å². The number of nitrogens with one attached hydrogen (secondary N) is 1. The molecular formula is C17H24N4O2. The summed E-state index contributed by atoms with van der Waals surface area (Å²) in [6.45, 7) is 6.36. The summed E-state index contributed by atoms with van der Waals surface area (Å²) in [4.78, 5) is 29.8. The van der Waals surface area contributed by atoms with Gasteiger partial charge in [0.05, 0.1) is 23.9 Å². The minimum Gasteiger partial charge on any atom is -0.350 e. The second kappa shape index (κ2) is 6.81. The van der Waals surface area contributed by atoms with Crippen molar-refractivity contribution in [1.82, 2.24) is 19.8 Å². The summed E-state index contributed by atoms with van der Waals surface area (Å²) in [5.74, 6) is -0.215. The highest BCUT2D eigenvalue weighted by atomic mass is 16.2. The van der Waals surface area contributed by atoms with Crippen LogP contribution in [0.5, 0.6) is 0 Å². The summed E-state index contributed by atoms with van der Waals surface area (Å²) in [5, 5.41) is 2.85. The highest BCUT2D eigenvalue weighted by molar-refractivity contribution is 5.85. The van der Waals surface area contributed by atoms with E-state index in [-0.39, 0.29) is 23.9 Å². The van der Waals surface area contributed by atoms with Crippen LogP contribution in [0.25, 0.3) is 11.0 Å². The number of benzene rings is 1. The van der Waals surface area contributed by atoms with Gasteiger partial charge in [-0.25, -0.2) is 4.98 Å². The predicted molar refractivity (Wildman–Crippen MR) is 89.9 cm³/mol. The Kier molecular flexibility index (Phi) is 5.03. The number of fused-ring (bicyclic) bond motifs is 1. The highest BCUT2D eigenvalue weighted by Gasteiger charge is 2.17. The van der Waals surface area contributed by atoms with Gasteiger partial charge < -0.3 is 14.8 Å². The summed E-state index contributed by atoms with van der Waals surface area (Å²) in [6.07, 6.45) is 2.07. The molecule has 2 rings (SSSR count). The number of hydrogen-bond donors (Lipinski definition) is 1. The number of rotatable bonds is 5. The summed E-state index contributed by atoms with van der Waals surface area (Å²) in [5.41, 5.74) is 1.63. The Morgan fingerprint density at radius 1 is 1.26 bits per heavy atom. The first-order valence-electron chi connectivity index (χ1n) is 7.71. The molecule has 1 aromatic carbocycles. The van der Waals surface area contributed by atoms with Gasteiger partial charge in [0.2, 0.25) is 11.8 Å². The maximum atomic E-state index is 12.2. The zero-order valence-electron chi connectivity index (χ0n) is 14.2. The third-order valence-corrected chi connectivity index (χ3v) is 3.41. The Morgan fingerprint density at radius 2 is 1.96 bits per heavy atom. The van der Waals surface area contributed by atoms with E-state index in [2.05, 4.69) is 10.3 Å². The molecule has 2 aromatic rings. The molecule has 0 saturated heterocycles. The van der Waals surface area contributed by atoms with Crippen molar-refractivity contribution in [3.8, 4) is 0 Å². The first-order chi connectivity index (χ1) is 10.8. The van der Waals surface area contributed by atoms with Crippen molar-refractivity contribution < 1.29 is 9.59 Å². The van der Waals surface area contributed by atoms with Crippen LogP contribution in [-0.4, -0.2) is 45.4 Å². The SMILES string of the molecule is CN(CC(=O)NC(C)(C)C)C(=O)CCn1cnc2ccccc21. The molecule has 0 bridgehead atoms. The molecule has 23 heavy (non-hydrogen) atoms. The molecule has 0 unspecified atom stereocenters. The molecule has 2 amide bonds. The Hall–Kier alpha value is -2.37. The fraction of sp³-hybridized carbons (Fsp3) is 0.471. The molecule has 6 nitrogen and oxygen atoms in total. The fourth-order valence-corrected chi connectivity index (χ4v) is 2.36. The third-order valence-electron chi connectivity index (χ3n) is 3.41. The van der Waals surface area contributed by atoms with Crippen molar-refractivity contribution in [1.29, 1.82) is 0 Å². The maximum absolute atomic E-state index is 12.2. The average molecular weight is 316 g/mol. The number of hydrogen-bond acceptors (Lipinski definition) is 3. The van der Waals surface area contributed by atoms with Crippen molar-refractivity contribution in [3.63, 3.8) is 0 Å². The molecule has 1 aromatic heterocycles. The zero-order chi connectivity index (χ0) is 17.0. The van der Waals surface area contributed by atoms with Crippen LogP contribution in [0, 0.1) is 0 Å². The zero-order valence-corrected chi connectivity index (χ0v) is 14.2. The number of carbonyl (C=O) groups is 2. The molecular weight excluding hydrogens is 292 g/mol. The number of imidazole rings is 1. The highest BCUT2D eigenvalue weighted by Crippen LogP contribution is 2.12. The quantitative estimate of drug-likeness (QED) is 0.914. The number of aryl methyl sites for hydroxylation is 1. The lowest BCUT2D eigenvalue weighted by atomic mass is 10.1. The van der Waals surface area contributed by atoms with Crippen LogP contribution in [0.1, 0.15) is 27.2 Å². The lowest BCUT2D eigenvalue weighted by Crippen LogP contribution is -2.46. The second-order valence-electron chi connectivity index (χ2n) is 6.72. The summed E-state index contributed by atoms with van der Waals surface area (Å²) < 4.78 is 1.95. The minimum absolute atomic E-state index is 0.0631. The molecule has 0 atom stereocenters. The lowest BCUT2D eigenvalue weighted by molar-refractivity contribution is -0.135. The molecule has 1 heterocycles. The Bertz CT molecular complexity index is 700. The molecule has 0 saturated carbocycles. The maximum Gasteiger partial charge on any atom is 0.240 e. The van der Waals surface area contributed by atoms with Crippen LogP contribution in [-0.2, 0) is 16.1 Å². The van der Waals surface area contributed by atoms with Gasteiger partial charge in [-0.3, -0.25) is 9.59 Å². The number of aromatic nitrogens is 2. The van der Waals surface area contributed by atoms with Gasteiger partial charge in [0.1, 0.15) is 0 Å². The van der Waals surface area contributed by atoms with Crippen molar-refractivity contribution >= 4 is 22.8 Å². The second-order valence-corrected chi connectivity index (χ2v) is 6.72. The largest absolute Gasteiger partial charge is 0.350 e. The molecule has 1 N–H and O–H groups in total. The Morgan fingerprint density at radius 3 is 2.65 bits per heavy atom.